The fourth-order valence-corrected chi connectivity index (χ4v) is 7.78. The van der Waals surface area contributed by atoms with E-state index >= 15 is 0 Å². The summed E-state index contributed by atoms with van der Waals surface area (Å²) in [5.41, 5.74) is 1.62. The number of amidine groups is 1. The molecule has 2 aromatic carbocycles. The average molecular weight is 647 g/mol. The molecule has 3 aliphatic heterocycles. The van der Waals surface area contributed by atoms with E-state index in [-0.39, 0.29) is 11.8 Å². The van der Waals surface area contributed by atoms with Crippen LogP contribution < -0.4 is 4.74 Å². The normalized spacial score (nSPS) is 22.8. The van der Waals surface area contributed by atoms with E-state index in [1.54, 1.807) is 20.4 Å². The maximum absolute atomic E-state index is 13.5. The standard InChI is InChI=1S/C31H33F3N4O4S2/c1-20-15-37(19-35-20)26-10-5-22(12-27(26)41-3)11-23-14-29(17-43-18-29)16-38-28(23)36-42-30(38,13-21(2)44(4,39)40)24-6-8-25(9-7-24)31(32,33)34/h5-12,15,19,21H,13-14,16-18H2,1-4H3/b23-11+. The summed E-state index contributed by atoms with van der Waals surface area (Å²) in [6.07, 6.45) is 3.05. The fraction of sp³-hybridized carbons (Fsp3) is 0.419. The van der Waals surface area contributed by atoms with Gasteiger partial charge in [0.15, 0.2) is 5.84 Å². The molecule has 3 aromatic rings. The van der Waals surface area contributed by atoms with Gasteiger partial charge in [-0.05, 0) is 61.7 Å². The van der Waals surface area contributed by atoms with E-state index in [4.69, 9.17) is 9.57 Å². The van der Waals surface area contributed by atoms with Crippen molar-refractivity contribution in [3.05, 3.63) is 82.9 Å². The van der Waals surface area contributed by atoms with E-state index in [0.717, 1.165) is 58.8 Å². The average Bonchev–Trinajstić information content (AvgIpc) is 3.55. The van der Waals surface area contributed by atoms with Crippen LogP contribution in [0.15, 0.2) is 65.7 Å². The van der Waals surface area contributed by atoms with Crippen LogP contribution in [0.25, 0.3) is 11.8 Å². The van der Waals surface area contributed by atoms with Crippen molar-refractivity contribution in [2.24, 2.45) is 10.6 Å². The molecule has 0 aliphatic carbocycles. The summed E-state index contributed by atoms with van der Waals surface area (Å²) in [6, 6.07) is 10.6. The molecule has 6 rings (SSSR count). The largest absolute Gasteiger partial charge is 0.495 e. The molecule has 3 aliphatic rings. The summed E-state index contributed by atoms with van der Waals surface area (Å²) in [5.74, 6) is 2.99. The first kappa shape index (κ1) is 30.6. The lowest BCUT2D eigenvalue weighted by Gasteiger charge is -2.52. The van der Waals surface area contributed by atoms with Crippen molar-refractivity contribution < 1.29 is 31.2 Å². The van der Waals surface area contributed by atoms with E-state index in [2.05, 4.69) is 10.1 Å². The minimum atomic E-state index is -4.51. The Morgan fingerprint density at radius 1 is 1.18 bits per heavy atom. The van der Waals surface area contributed by atoms with Gasteiger partial charge in [-0.2, -0.15) is 24.9 Å². The number of halogens is 3. The van der Waals surface area contributed by atoms with Crippen LogP contribution in [-0.2, 0) is 26.6 Å². The number of alkyl halides is 3. The Morgan fingerprint density at radius 3 is 2.48 bits per heavy atom. The van der Waals surface area contributed by atoms with Gasteiger partial charge in [-0.1, -0.05) is 23.4 Å². The van der Waals surface area contributed by atoms with E-state index in [1.807, 2.05) is 58.6 Å². The molecule has 1 aromatic heterocycles. The van der Waals surface area contributed by atoms with Crippen LogP contribution in [0.2, 0.25) is 0 Å². The van der Waals surface area contributed by atoms with Gasteiger partial charge in [0.25, 0.3) is 0 Å². The Bertz CT molecular complexity index is 1750. The van der Waals surface area contributed by atoms with Crippen molar-refractivity contribution >= 4 is 33.5 Å². The second-order valence-electron chi connectivity index (χ2n) is 12.0. The van der Waals surface area contributed by atoms with Crippen LogP contribution in [0.5, 0.6) is 5.75 Å². The lowest BCUT2D eigenvalue weighted by atomic mass is 9.77. The highest BCUT2D eigenvalue weighted by Gasteiger charge is 2.57. The highest BCUT2D eigenvalue weighted by molar-refractivity contribution is 8.00. The third-order valence-corrected chi connectivity index (χ3v) is 11.9. The molecule has 0 bridgehead atoms. The van der Waals surface area contributed by atoms with Gasteiger partial charge in [-0.25, -0.2) is 13.4 Å². The van der Waals surface area contributed by atoms with Crippen molar-refractivity contribution in [1.29, 1.82) is 0 Å². The van der Waals surface area contributed by atoms with Crippen LogP contribution in [-0.4, -0.2) is 65.4 Å². The van der Waals surface area contributed by atoms with E-state index in [1.165, 1.54) is 12.1 Å². The first-order valence-corrected chi connectivity index (χ1v) is 17.2. The number of thioether (sulfide) groups is 1. The van der Waals surface area contributed by atoms with Crippen molar-refractivity contribution in [3.63, 3.8) is 0 Å². The Balaban J connectivity index is 1.42. The van der Waals surface area contributed by atoms with Gasteiger partial charge in [0.2, 0.25) is 5.72 Å². The fourth-order valence-electron chi connectivity index (χ4n) is 6.08. The molecule has 2 saturated heterocycles. The molecular weight excluding hydrogens is 613 g/mol. The Kier molecular flexibility index (Phi) is 7.55. The Labute approximate surface area is 258 Å². The van der Waals surface area contributed by atoms with Gasteiger partial charge in [0.1, 0.15) is 15.6 Å². The molecule has 2 unspecified atom stereocenters. The third-order valence-electron chi connectivity index (χ3n) is 8.63. The monoisotopic (exact) mass is 646 g/mol. The number of nitrogens with zero attached hydrogens (tertiary/aromatic N) is 4. The first-order valence-electron chi connectivity index (χ1n) is 14.1. The third kappa shape index (κ3) is 5.48. The number of benzene rings is 2. The number of methoxy groups -OCH3 is 1. The van der Waals surface area contributed by atoms with E-state index in [9.17, 15) is 21.6 Å². The van der Waals surface area contributed by atoms with Crippen LogP contribution in [0.3, 0.4) is 0 Å². The predicted octanol–water partition coefficient (Wildman–Crippen LogP) is 6.05. The molecule has 8 nitrogen and oxygen atoms in total. The second kappa shape index (κ2) is 10.9. The number of aryl methyl sites for hydroxylation is 1. The maximum Gasteiger partial charge on any atom is 0.416 e. The van der Waals surface area contributed by atoms with E-state index in [0.29, 0.717) is 23.7 Å². The smallest absolute Gasteiger partial charge is 0.416 e. The SMILES string of the molecule is COc1cc(/C=C2\CC3(CSC3)CN3C2=NOC3(CC(C)S(C)(=O)=O)c2ccc(C(F)(F)F)cc2)ccc1-n1cnc(C)c1. The number of aromatic nitrogens is 2. The van der Waals surface area contributed by atoms with Gasteiger partial charge in [-0.15, -0.1) is 0 Å². The van der Waals surface area contributed by atoms with Crippen molar-refractivity contribution in [2.75, 3.05) is 31.4 Å². The quantitative estimate of drug-likeness (QED) is 0.309. The molecule has 0 N–H and O–H groups in total. The molecule has 2 atom stereocenters. The summed E-state index contributed by atoms with van der Waals surface area (Å²) in [6.45, 7) is 4.04. The highest BCUT2D eigenvalue weighted by atomic mass is 32.2. The number of fused-ring (bicyclic) bond motifs is 1. The molecule has 1 spiro atoms. The van der Waals surface area contributed by atoms with Gasteiger partial charge in [0.05, 0.1) is 35.6 Å². The minimum Gasteiger partial charge on any atom is -0.495 e. The Hall–Kier alpha value is -3.45. The molecule has 2 fully saturated rings. The zero-order valence-corrected chi connectivity index (χ0v) is 26.4. The maximum atomic E-state index is 13.5. The summed E-state index contributed by atoms with van der Waals surface area (Å²) in [7, 11) is -1.89. The number of imidazole rings is 1. The number of ether oxygens (including phenoxy) is 1. The van der Waals surface area contributed by atoms with Crippen LogP contribution in [0.4, 0.5) is 13.2 Å². The number of hydrogen-bond donors (Lipinski definition) is 0. The summed E-state index contributed by atoms with van der Waals surface area (Å²) in [5, 5.41) is 3.67. The molecular formula is C31H33F3N4O4S2. The van der Waals surface area contributed by atoms with Crippen LogP contribution in [0, 0.1) is 12.3 Å². The number of sulfone groups is 1. The number of piperidine rings is 1. The van der Waals surface area contributed by atoms with Crippen molar-refractivity contribution in [3.8, 4) is 11.4 Å². The molecule has 0 radical (unpaired) electrons. The number of oxime groups is 1. The van der Waals surface area contributed by atoms with Gasteiger partial charge < -0.3 is 19.0 Å². The minimum absolute atomic E-state index is 0.00641. The van der Waals surface area contributed by atoms with Gasteiger partial charge >= 0.3 is 6.18 Å². The van der Waals surface area contributed by atoms with Crippen LogP contribution >= 0.6 is 11.8 Å². The van der Waals surface area contributed by atoms with Crippen molar-refractivity contribution in [2.45, 2.75) is 43.8 Å². The first-order chi connectivity index (χ1) is 20.7. The summed E-state index contributed by atoms with van der Waals surface area (Å²) < 4.78 is 73.2. The zero-order chi connectivity index (χ0) is 31.5. The summed E-state index contributed by atoms with van der Waals surface area (Å²) in [4.78, 5) is 12.5. The van der Waals surface area contributed by atoms with Gasteiger partial charge in [-0.3, -0.25) is 0 Å². The molecule has 44 heavy (non-hydrogen) atoms. The number of hydrogen-bond acceptors (Lipinski definition) is 8. The zero-order valence-electron chi connectivity index (χ0n) is 24.8. The number of rotatable bonds is 7. The van der Waals surface area contributed by atoms with E-state index < -0.39 is 32.6 Å². The predicted molar refractivity (Wildman–Crippen MR) is 164 cm³/mol. The molecule has 234 valence electrons. The lowest BCUT2D eigenvalue weighted by Crippen LogP contribution is -2.59. The molecule has 0 amide bonds. The molecule has 4 heterocycles. The summed E-state index contributed by atoms with van der Waals surface area (Å²) >= 11 is 1.83. The Morgan fingerprint density at radius 2 is 1.91 bits per heavy atom. The topological polar surface area (TPSA) is 86.0 Å². The van der Waals surface area contributed by atoms with Gasteiger partial charge in [0, 0.05) is 47.9 Å². The lowest BCUT2D eigenvalue weighted by molar-refractivity contribution is -0.138. The van der Waals surface area contributed by atoms with Crippen LogP contribution in [0.1, 0.15) is 42.1 Å². The molecule has 13 heteroatoms. The highest BCUT2D eigenvalue weighted by Crippen LogP contribution is 2.53. The second-order valence-corrected chi connectivity index (χ2v) is 15.4. The molecule has 0 saturated carbocycles. The van der Waals surface area contributed by atoms with Crippen molar-refractivity contribution in [1.82, 2.24) is 14.5 Å².